The number of aryl methyl sites for hydroxylation is 1. The highest BCUT2D eigenvalue weighted by Gasteiger charge is 2.21. The SMILES string of the molecule is COC(=O)c1cc(Oc2ccc(CN)cc2)ccc1N(c1ccc(C)cc1)S(=O)[O-]. The normalized spacial score (nSPS) is 11.6. The first kappa shape index (κ1) is 21.5. The van der Waals surface area contributed by atoms with Crippen LogP contribution in [-0.4, -0.2) is 21.8 Å². The van der Waals surface area contributed by atoms with Crippen molar-refractivity contribution < 1.29 is 23.0 Å². The number of esters is 1. The topological polar surface area (TPSA) is 105 Å². The molecule has 2 N–H and O–H groups in total. The zero-order valence-electron chi connectivity index (χ0n) is 16.5. The molecule has 0 aromatic heterocycles. The highest BCUT2D eigenvalue weighted by atomic mass is 32.2. The molecule has 3 rings (SSSR count). The Morgan fingerprint density at radius 1 is 1.03 bits per heavy atom. The zero-order chi connectivity index (χ0) is 21.7. The lowest BCUT2D eigenvalue weighted by molar-refractivity contribution is 0.0601. The van der Waals surface area contributed by atoms with Crippen molar-refractivity contribution in [2.45, 2.75) is 13.5 Å². The molecule has 156 valence electrons. The third-order valence-electron chi connectivity index (χ3n) is 4.40. The molecule has 1 unspecified atom stereocenters. The van der Waals surface area contributed by atoms with Gasteiger partial charge in [-0.3, -0.25) is 8.51 Å². The Labute approximate surface area is 177 Å². The molecule has 0 aliphatic carbocycles. The molecule has 7 nitrogen and oxygen atoms in total. The largest absolute Gasteiger partial charge is 0.755 e. The number of rotatable bonds is 7. The van der Waals surface area contributed by atoms with Crippen molar-refractivity contribution >= 4 is 28.6 Å². The van der Waals surface area contributed by atoms with Gasteiger partial charge in [-0.25, -0.2) is 4.79 Å². The number of carbonyl (C=O) groups excluding carboxylic acids is 1. The van der Waals surface area contributed by atoms with Gasteiger partial charge in [0, 0.05) is 6.54 Å². The lowest BCUT2D eigenvalue weighted by atomic mass is 10.1. The minimum atomic E-state index is -2.67. The molecule has 0 aliphatic heterocycles. The summed E-state index contributed by atoms with van der Waals surface area (Å²) in [5, 5.41) is 0. The number of ether oxygens (including phenoxy) is 2. The maximum absolute atomic E-state index is 12.4. The first-order chi connectivity index (χ1) is 14.4. The van der Waals surface area contributed by atoms with E-state index >= 15 is 0 Å². The summed E-state index contributed by atoms with van der Waals surface area (Å²) in [6, 6.07) is 18.6. The minimum absolute atomic E-state index is 0.0540. The fraction of sp³-hybridized carbons (Fsp3) is 0.136. The van der Waals surface area contributed by atoms with Gasteiger partial charge in [-0.15, -0.1) is 0 Å². The van der Waals surface area contributed by atoms with Gasteiger partial charge in [0.25, 0.3) is 0 Å². The molecule has 3 aromatic rings. The second kappa shape index (κ2) is 9.53. The first-order valence-electron chi connectivity index (χ1n) is 9.08. The van der Waals surface area contributed by atoms with Gasteiger partial charge in [0.05, 0.1) is 35.3 Å². The van der Waals surface area contributed by atoms with Gasteiger partial charge in [0.2, 0.25) is 0 Å². The molecule has 0 spiro atoms. The third-order valence-corrected chi connectivity index (χ3v) is 5.11. The van der Waals surface area contributed by atoms with E-state index in [0.717, 1.165) is 15.4 Å². The van der Waals surface area contributed by atoms with Gasteiger partial charge in [0.15, 0.2) is 0 Å². The Kier molecular flexibility index (Phi) is 6.83. The molecule has 8 heteroatoms. The minimum Gasteiger partial charge on any atom is -0.755 e. The molecular weight excluding hydrogens is 404 g/mol. The lowest BCUT2D eigenvalue weighted by Crippen LogP contribution is -2.22. The lowest BCUT2D eigenvalue weighted by Gasteiger charge is -2.28. The molecule has 0 radical (unpaired) electrons. The molecule has 0 saturated carbocycles. The molecule has 30 heavy (non-hydrogen) atoms. The van der Waals surface area contributed by atoms with E-state index in [0.29, 0.717) is 23.7 Å². The number of methoxy groups -OCH3 is 1. The van der Waals surface area contributed by atoms with E-state index in [1.54, 1.807) is 42.5 Å². The van der Waals surface area contributed by atoms with E-state index in [1.807, 2.05) is 19.1 Å². The van der Waals surface area contributed by atoms with Crippen LogP contribution in [0.25, 0.3) is 0 Å². The molecule has 0 aliphatic rings. The highest BCUT2D eigenvalue weighted by Crippen LogP contribution is 2.34. The van der Waals surface area contributed by atoms with Crippen molar-refractivity contribution in [2.75, 3.05) is 11.4 Å². The van der Waals surface area contributed by atoms with Gasteiger partial charge in [0.1, 0.15) is 11.5 Å². The average Bonchev–Trinajstić information content (AvgIpc) is 2.76. The Hall–Kier alpha value is -3.20. The number of benzene rings is 3. The molecule has 0 fully saturated rings. The van der Waals surface area contributed by atoms with Crippen molar-refractivity contribution in [1.82, 2.24) is 0 Å². The van der Waals surface area contributed by atoms with Crippen LogP contribution >= 0.6 is 0 Å². The number of nitrogens with two attached hydrogens (primary N) is 1. The van der Waals surface area contributed by atoms with Crippen LogP contribution in [-0.2, 0) is 22.5 Å². The number of anilines is 2. The quantitative estimate of drug-likeness (QED) is 0.454. The summed E-state index contributed by atoms with van der Waals surface area (Å²) in [6.07, 6.45) is 0. The number of carbonyl (C=O) groups is 1. The Balaban J connectivity index is 2.01. The first-order valence-corrected chi connectivity index (χ1v) is 10.1. The van der Waals surface area contributed by atoms with Gasteiger partial charge >= 0.3 is 5.97 Å². The maximum atomic E-state index is 12.4. The average molecular weight is 425 g/mol. The van der Waals surface area contributed by atoms with Crippen molar-refractivity contribution in [3.05, 3.63) is 83.4 Å². The number of nitrogens with zero attached hydrogens (tertiary/aromatic N) is 1. The summed E-state index contributed by atoms with van der Waals surface area (Å²) in [5.41, 5.74) is 8.14. The van der Waals surface area contributed by atoms with Crippen LogP contribution in [0.1, 0.15) is 21.5 Å². The second-order valence-electron chi connectivity index (χ2n) is 6.47. The van der Waals surface area contributed by atoms with Crippen LogP contribution in [0.4, 0.5) is 11.4 Å². The van der Waals surface area contributed by atoms with E-state index < -0.39 is 17.2 Å². The van der Waals surface area contributed by atoms with Crippen LogP contribution < -0.4 is 14.8 Å². The molecule has 0 saturated heterocycles. The van der Waals surface area contributed by atoms with Crippen molar-refractivity contribution in [3.63, 3.8) is 0 Å². The zero-order valence-corrected chi connectivity index (χ0v) is 17.3. The molecule has 1 atom stereocenters. The third kappa shape index (κ3) is 4.85. The molecule has 0 heterocycles. The van der Waals surface area contributed by atoms with Gasteiger partial charge < -0.3 is 19.8 Å². The van der Waals surface area contributed by atoms with Crippen LogP contribution in [0.5, 0.6) is 11.5 Å². The summed E-state index contributed by atoms with van der Waals surface area (Å²) in [6.45, 7) is 2.32. The smallest absolute Gasteiger partial charge is 0.340 e. The number of hydrogen-bond acceptors (Lipinski definition) is 6. The highest BCUT2D eigenvalue weighted by molar-refractivity contribution is 7.81. The van der Waals surface area contributed by atoms with Crippen LogP contribution in [0.3, 0.4) is 0 Å². The standard InChI is InChI=1S/C22H22N2O5S/c1-15-3-7-17(8-4-15)24(30(26)27)21-12-11-19(13-20(21)22(25)28-2)29-18-9-5-16(14-23)6-10-18/h3-13H,14,23H2,1-2H3,(H,26,27)/p-1. The molecule has 3 aromatic carbocycles. The van der Waals surface area contributed by atoms with E-state index in [-0.39, 0.29) is 11.3 Å². The van der Waals surface area contributed by atoms with Crippen LogP contribution in [0, 0.1) is 6.92 Å². The van der Waals surface area contributed by atoms with Crippen molar-refractivity contribution in [2.24, 2.45) is 5.73 Å². The summed E-state index contributed by atoms with van der Waals surface area (Å²) in [7, 11) is 1.23. The summed E-state index contributed by atoms with van der Waals surface area (Å²) in [5.74, 6) is 0.232. The van der Waals surface area contributed by atoms with Crippen LogP contribution in [0.2, 0.25) is 0 Å². The predicted octanol–water partition coefficient (Wildman–Crippen LogP) is 3.96. The fourth-order valence-corrected chi connectivity index (χ4v) is 3.46. The van der Waals surface area contributed by atoms with Crippen molar-refractivity contribution in [1.29, 1.82) is 0 Å². The number of hydrogen-bond donors (Lipinski definition) is 1. The molecular formula is C22H21N2O5S-. The predicted molar refractivity (Wildman–Crippen MR) is 114 cm³/mol. The summed E-state index contributed by atoms with van der Waals surface area (Å²) >= 11 is -2.67. The maximum Gasteiger partial charge on any atom is 0.340 e. The Morgan fingerprint density at radius 2 is 1.67 bits per heavy atom. The molecule has 0 amide bonds. The van der Waals surface area contributed by atoms with E-state index in [4.69, 9.17) is 15.2 Å². The van der Waals surface area contributed by atoms with Gasteiger partial charge in [-0.2, -0.15) is 0 Å². The summed E-state index contributed by atoms with van der Waals surface area (Å²) in [4.78, 5) is 12.4. The molecule has 0 bridgehead atoms. The Morgan fingerprint density at radius 3 is 2.23 bits per heavy atom. The monoisotopic (exact) mass is 425 g/mol. The van der Waals surface area contributed by atoms with E-state index in [2.05, 4.69) is 0 Å². The second-order valence-corrected chi connectivity index (χ2v) is 7.27. The summed E-state index contributed by atoms with van der Waals surface area (Å²) < 4.78 is 35.7. The van der Waals surface area contributed by atoms with Gasteiger partial charge in [-0.05, 0) is 55.0 Å². The van der Waals surface area contributed by atoms with E-state index in [9.17, 15) is 13.6 Å². The van der Waals surface area contributed by atoms with Crippen LogP contribution in [0.15, 0.2) is 66.7 Å². The van der Waals surface area contributed by atoms with E-state index in [1.165, 1.54) is 19.2 Å². The Bertz CT molecular complexity index is 1050. The van der Waals surface area contributed by atoms with Crippen molar-refractivity contribution in [3.8, 4) is 11.5 Å². The fourth-order valence-electron chi connectivity index (χ4n) is 2.84. The van der Waals surface area contributed by atoms with Gasteiger partial charge in [-0.1, -0.05) is 29.8 Å².